The zero-order chi connectivity index (χ0) is 11.5. The van der Waals surface area contributed by atoms with E-state index in [2.05, 4.69) is 10.3 Å². The van der Waals surface area contributed by atoms with Gasteiger partial charge in [0.1, 0.15) is 17.3 Å². The summed E-state index contributed by atoms with van der Waals surface area (Å²) in [6.07, 6.45) is 0. The van der Waals surface area contributed by atoms with Crippen LogP contribution in [0.25, 0.3) is 0 Å². The number of carbonyl (C=O) groups excluding carboxylic acids is 1. The molecular formula is C10H7FN2O2S. The van der Waals surface area contributed by atoms with Crippen molar-refractivity contribution in [3.05, 3.63) is 40.6 Å². The molecule has 0 atom stereocenters. The summed E-state index contributed by atoms with van der Waals surface area (Å²) in [6, 6.07) is 3.51. The number of nitrogens with zero attached hydrogens (tertiary/aromatic N) is 1. The van der Waals surface area contributed by atoms with E-state index in [0.717, 1.165) is 6.07 Å². The lowest BCUT2D eigenvalue weighted by Crippen LogP contribution is -2.13. The first-order valence-corrected chi connectivity index (χ1v) is 5.29. The van der Waals surface area contributed by atoms with Crippen LogP contribution in [0.15, 0.2) is 29.1 Å². The molecule has 0 radical (unpaired) electrons. The molecule has 0 fully saturated rings. The summed E-state index contributed by atoms with van der Waals surface area (Å²) in [5, 5.41) is 12.9. The van der Waals surface area contributed by atoms with E-state index in [1.165, 1.54) is 29.0 Å². The maximum absolute atomic E-state index is 13.3. The van der Waals surface area contributed by atoms with Gasteiger partial charge in [-0.3, -0.25) is 4.79 Å². The Bertz CT molecular complexity index is 514. The fourth-order valence-electron chi connectivity index (χ4n) is 1.12. The van der Waals surface area contributed by atoms with E-state index >= 15 is 0 Å². The largest absolute Gasteiger partial charge is 0.508 e. The summed E-state index contributed by atoms with van der Waals surface area (Å²) in [6.45, 7) is 0. The van der Waals surface area contributed by atoms with Crippen LogP contribution in [0.5, 0.6) is 5.75 Å². The van der Waals surface area contributed by atoms with Gasteiger partial charge in [0.15, 0.2) is 0 Å². The Morgan fingerprint density at radius 1 is 1.50 bits per heavy atom. The van der Waals surface area contributed by atoms with Crippen molar-refractivity contribution in [3.63, 3.8) is 0 Å². The number of hydrogen-bond acceptors (Lipinski definition) is 4. The van der Waals surface area contributed by atoms with Gasteiger partial charge in [-0.25, -0.2) is 9.37 Å². The molecule has 0 saturated heterocycles. The monoisotopic (exact) mass is 238 g/mol. The van der Waals surface area contributed by atoms with Crippen LogP contribution in [0.1, 0.15) is 10.5 Å². The third kappa shape index (κ3) is 2.17. The van der Waals surface area contributed by atoms with Gasteiger partial charge in [-0.05, 0) is 12.1 Å². The number of rotatable bonds is 2. The number of benzene rings is 1. The minimum absolute atomic E-state index is 0.0100. The zero-order valence-electron chi connectivity index (χ0n) is 7.98. The normalized spacial score (nSPS) is 10.1. The van der Waals surface area contributed by atoms with Crippen LogP contribution >= 0.6 is 11.3 Å². The molecule has 1 aromatic heterocycles. The Labute approximate surface area is 94.4 Å². The van der Waals surface area contributed by atoms with Crippen LogP contribution in [0.4, 0.5) is 10.1 Å². The molecule has 2 rings (SSSR count). The van der Waals surface area contributed by atoms with Crippen molar-refractivity contribution in [2.24, 2.45) is 0 Å². The number of aromatic hydroxyl groups is 1. The first-order valence-electron chi connectivity index (χ1n) is 4.35. The van der Waals surface area contributed by atoms with Crippen LogP contribution in [-0.2, 0) is 0 Å². The van der Waals surface area contributed by atoms with E-state index in [0.29, 0.717) is 0 Å². The number of nitrogens with one attached hydrogen (secondary N) is 1. The van der Waals surface area contributed by atoms with Gasteiger partial charge in [-0.1, -0.05) is 0 Å². The highest BCUT2D eigenvalue weighted by atomic mass is 32.1. The molecule has 2 aromatic rings. The summed E-state index contributed by atoms with van der Waals surface area (Å²) in [5.41, 5.74) is 1.76. The molecule has 0 unspecified atom stereocenters. The fourth-order valence-corrected chi connectivity index (χ4v) is 1.65. The maximum atomic E-state index is 13.3. The number of hydrogen-bond donors (Lipinski definition) is 2. The highest BCUT2D eigenvalue weighted by Crippen LogP contribution is 2.19. The van der Waals surface area contributed by atoms with Crippen LogP contribution in [0.2, 0.25) is 0 Å². The Morgan fingerprint density at radius 2 is 2.31 bits per heavy atom. The molecular weight excluding hydrogens is 231 g/mol. The number of thiazole rings is 1. The van der Waals surface area contributed by atoms with Crippen molar-refractivity contribution >= 4 is 22.9 Å². The molecule has 0 bridgehead atoms. The molecule has 0 spiro atoms. The summed E-state index contributed by atoms with van der Waals surface area (Å²) in [4.78, 5) is 15.3. The standard InChI is InChI=1S/C10H7FN2O2S/c11-7-3-6(14)1-2-8(7)13-10(15)9-4-16-5-12-9/h1-5,14H,(H,13,15). The molecule has 0 aliphatic carbocycles. The number of halogens is 1. The first kappa shape index (κ1) is 10.6. The number of anilines is 1. The highest BCUT2D eigenvalue weighted by molar-refractivity contribution is 7.07. The maximum Gasteiger partial charge on any atom is 0.275 e. The van der Waals surface area contributed by atoms with Gasteiger partial charge in [0.2, 0.25) is 0 Å². The average Bonchev–Trinajstić information content (AvgIpc) is 2.75. The minimum atomic E-state index is -0.691. The summed E-state index contributed by atoms with van der Waals surface area (Å²) < 4.78 is 13.3. The quantitative estimate of drug-likeness (QED) is 0.789. The van der Waals surface area contributed by atoms with Gasteiger partial charge in [0.05, 0.1) is 11.2 Å². The molecule has 16 heavy (non-hydrogen) atoms. The number of phenols is 1. The van der Waals surface area contributed by atoms with E-state index < -0.39 is 11.7 Å². The van der Waals surface area contributed by atoms with Crippen molar-refractivity contribution in [1.82, 2.24) is 4.98 Å². The van der Waals surface area contributed by atoms with Gasteiger partial charge >= 0.3 is 0 Å². The van der Waals surface area contributed by atoms with Crippen molar-refractivity contribution in [2.75, 3.05) is 5.32 Å². The average molecular weight is 238 g/mol. The lowest BCUT2D eigenvalue weighted by Gasteiger charge is -2.04. The van der Waals surface area contributed by atoms with Crippen LogP contribution in [0, 0.1) is 5.82 Å². The van der Waals surface area contributed by atoms with E-state index in [4.69, 9.17) is 5.11 Å². The Hall–Kier alpha value is -1.95. The number of amides is 1. The van der Waals surface area contributed by atoms with E-state index in [9.17, 15) is 9.18 Å². The molecule has 1 amide bonds. The van der Waals surface area contributed by atoms with E-state index in [1.54, 1.807) is 5.38 Å². The summed E-state index contributed by atoms with van der Waals surface area (Å²) >= 11 is 1.28. The number of carbonyl (C=O) groups is 1. The van der Waals surface area contributed by atoms with Crippen LogP contribution in [0.3, 0.4) is 0 Å². The second kappa shape index (κ2) is 4.28. The number of aromatic nitrogens is 1. The predicted octanol–water partition coefficient (Wildman–Crippen LogP) is 2.24. The Morgan fingerprint density at radius 3 is 2.94 bits per heavy atom. The minimum Gasteiger partial charge on any atom is -0.508 e. The summed E-state index contributed by atoms with van der Waals surface area (Å²) in [7, 11) is 0. The third-order valence-corrected chi connectivity index (χ3v) is 2.45. The topological polar surface area (TPSA) is 62.2 Å². The predicted molar refractivity (Wildman–Crippen MR) is 58.1 cm³/mol. The van der Waals surface area contributed by atoms with Gasteiger partial charge in [-0.15, -0.1) is 11.3 Å². The molecule has 0 aliphatic rings. The molecule has 4 nitrogen and oxygen atoms in total. The second-order valence-electron chi connectivity index (χ2n) is 2.99. The smallest absolute Gasteiger partial charge is 0.275 e. The molecule has 6 heteroatoms. The van der Waals surface area contributed by atoms with Crippen LogP contribution < -0.4 is 5.32 Å². The SMILES string of the molecule is O=C(Nc1ccc(O)cc1F)c1cscn1. The first-order chi connectivity index (χ1) is 7.66. The van der Waals surface area contributed by atoms with Gasteiger partial charge in [-0.2, -0.15) is 0 Å². The molecule has 0 saturated carbocycles. The van der Waals surface area contributed by atoms with Crippen LogP contribution in [-0.4, -0.2) is 16.0 Å². The van der Waals surface area contributed by atoms with Gasteiger partial charge in [0.25, 0.3) is 5.91 Å². The van der Waals surface area contributed by atoms with Gasteiger partial charge in [0, 0.05) is 11.4 Å². The summed E-state index contributed by atoms with van der Waals surface area (Å²) in [5.74, 6) is -1.36. The van der Waals surface area contributed by atoms with Crippen molar-refractivity contribution in [3.8, 4) is 5.75 Å². The third-order valence-electron chi connectivity index (χ3n) is 1.87. The number of phenolic OH excluding ortho intramolecular Hbond substituents is 1. The van der Waals surface area contributed by atoms with Crippen molar-refractivity contribution < 1.29 is 14.3 Å². The lowest BCUT2D eigenvalue weighted by molar-refractivity contribution is 0.102. The molecule has 1 heterocycles. The highest BCUT2D eigenvalue weighted by Gasteiger charge is 2.10. The molecule has 1 aromatic carbocycles. The molecule has 82 valence electrons. The lowest BCUT2D eigenvalue weighted by atomic mass is 10.3. The molecule has 2 N–H and O–H groups in total. The zero-order valence-corrected chi connectivity index (χ0v) is 8.79. The van der Waals surface area contributed by atoms with Crippen molar-refractivity contribution in [2.45, 2.75) is 0 Å². The second-order valence-corrected chi connectivity index (χ2v) is 3.71. The fraction of sp³-hybridized carbons (Fsp3) is 0. The van der Waals surface area contributed by atoms with E-state index in [1.807, 2.05) is 0 Å². The van der Waals surface area contributed by atoms with E-state index in [-0.39, 0.29) is 17.1 Å². The van der Waals surface area contributed by atoms with Crippen molar-refractivity contribution in [1.29, 1.82) is 0 Å². The Kier molecular flexibility index (Phi) is 2.82. The van der Waals surface area contributed by atoms with Gasteiger partial charge < -0.3 is 10.4 Å². The Balaban J connectivity index is 2.18. The molecule has 0 aliphatic heterocycles.